The van der Waals surface area contributed by atoms with Gasteiger partial charge in [0, 0.05) is 19.6 Å². The van der Waals surface area contributed by atoms with Crippen LogP contribution in [0.2, 0.25) is 0 Å². The van der Waals surface area contributed by atoms with Gasteiger partial charge in [0.2, 0.25) is 0 Å². The van der Waals surface area contributed by atoms with Gasteiger partial charge in [-0.15, -0.1) is 24.0 Å². The SMILES string of the molecule is CCNC(=NCCn1c(=O)oc2ccccc21)NCC.I. The molecule has 0 amide bonds. The summed E-state index contributed by atoms with van der Waals surface area (Å²) in [6.07, 6.45) is 0. The van der Waals surface area contributed by atoms with Crippen molar-refractivity contribution in [3.63, 3.8) is 0 Å². The number of nitrogens with zero attached hydrogens (tertiary/aromatic N) is 2. The molecule has 6 nitrogen and oxygen atoms in total. The van der Waals surface area contributed by atoms with E-state index in [0.29, 0.717) is 18.7 Å². The van der Waals surface area contributed by atoms with Crippen molar-refractivity contribution in [3.8, 4) is 0 Å². The molecular formula is C14H21IN4O2. The van der Waals surface area contributed by atoms with E-state index >= 15 is 0 Å². The molecule has 7 heteroatoms. The molecule has 0 atom stereocenters. The summed E-state index contributed by atoms with van der Waals surface area (Å²) in [5.41, 5.74) is 1.42. The summed E-state index contributed by atoms with van der Waals surface area (Å²) >= 11 is 0. The standard InChI is InChI=1S/C14H20N4O2.HI/c1-3-15-13(16-4-2)17-9-10-18-11-7-5-6-8-12(11)20-14(18)19;/h5-8H,3-4,9-10H2,1-2H3,(H2,15,16,17);1H. The zero-order valence-electron chi connectivity index (χ0n) is 12.3. The van der Waals surface area contributed by atoms with Crippen LogP contribution in [-0.2, 0) is 6.54 Å². The van der Waals surface area contributed by atoms with Crippen LogP contribution in [0.4, 0.5) is 0 Å². The molecule has 0 bridgehead atoms. The highest BCUT2D eigenvalue weighted by molar-refractivity contribution is 14.0. The van der Waals surface area contributed by atoms with E-state index in [0.717, 1.165) is 24.6 Å². The second-order valence-corrected chi connectivity index (χ2v) is 4.28. The summed E-state index contributed by atoms with van der Waals surface area (Å²) in [5.74, 6) is 0.422. The molecule has 0 unspecified atom stereocenters. The molecular weight excluding hydrogens is 383 g/mol. The average molecular weight is 404 g/mol. The quantitative estimate of drug-likeness (QED) is 0.453. The van der Waals surface area contributed by atoms with Gasteiger partial charge in [0.15, 0.2) is 11.5 Å². The molecule has 21 heavy (non-hydrogen) atoms. The highest BCUT2D eigenvalue weighted by atomic mass is 127. The number of benzene rings is 1. The van der Waals surface area contributed by atoms with E-state index in [1.165, 1.54) is 0 Å². The van der Waals surface area contributed by atoms with E-state index in [1.54, 1.807) is 10.6 Å². The molecule has 0 aliphatic rings. The number of para-hydroxylation sites is 2. The maximum absolute atomic E-state index is 11.8. The average Bonchev–Trinajstić information content (AvgIpc) is 2.76. The lowest BCUT2D eigenvalue weighted by molar-refractivity contribution is 0.507. The molecule has 0 fully saturated rings. The molecule has 2 aromatic rings. The molecule has 0 spiro atoms. The first-order valence-corrected chi connectivity index (χ1v) is 6.86. The van der Waals surface area contributed by atoms with Gasteiger partial charge < -0.3 is 15.1 Å². The molecule has 0 aliphatic heterocycles. The molecule has 0 aliphatic carbocycles. The fourth-order valence-electron chi connectivity index (χ4n) is 2.00. The fraction of sp³-hybridized carbons (Fsp3) is 0.429. The van der Waals surface area contributed by atoms with E-state index in [4.69, 9.17) is 4.42 Å². The van der Waals surface area contributed by atoms with Gasteiger partial charge in [-0.25, -0.2) is 4.79 Å². The van der Waals surface area contributed by atoms with Crippen molar-refractivity contribution in [2.24, 2.45) is 4.99 Å². The number of oxazole rings is 1. The minimum atomic E-state index is -0.338. The Labute approximate surface area is 140 Å². The number of guanidine groups is 1. The monoisotopic (exact) mass is 404 g/mol. The highest BCUT2D eigenvalue weighted by Gasteiger charge is 2.07. The summed E-state index contributed by atoms with van der Waals surface area (Å²) < 4.78 is 6.78. The molecule has 0 saturated carbocycles. The van der Waals surface area contributed by atoms with Crippen molar-refractivity contribution in [2.75, 3.05) is 19.6 Å². The van der Waals surface area contributed by atoms with Crippen molar-refractivity contribution in [3.05, 3.63) is 34.8 Å². The maximum atomic E-state index is 11.8. The summed E-state index contributed by atoms with van der Waals surface area (Å²) in [4.78, 5) is 16.2. The van der Waals surface area contributed by atoms with Gasteiger partial charge in [0.25, 0.3) is 0 Å². The second-order valence-electron chi connectivity index (χ2n) is 4.28. The van der Waals surface area contributed by atoms with Gasteiger partial charge >= 0.3 is 5.76 Å². The molecule has 1 aromatic heterocycles. The van der Waals surface area contributed by atoms with Crippen LogP contribution in [0.1, 0.15) is 13.8 Å². The number of aromatic nitrogens is 1. The topological polar surface area (TPSA) is 71.6 Å². The third-order valence-corrected chi connectivity index (χ3v) is 2.86. The summed E-state index contributed by atoms with van der Waals surface area (Å²) in [6, 6.07) is 7.40. The molecule has 116 valence electrons. The van der Waals surface area contributed by atoms with Crippen LogP contribution in [0, 0.1) is 0 Å². The van der Waals surface area contributed by atoms with Crippen molar-refractivity contribution in [1.29, 1.82) is 0 Å². The minimum Gasteiger partial charge on any atom is -0.408 e. The van der Waals surface area contributed by atoms with Gasteiger partial charge in [-0.3, -0.25) is 9.56 Å². The van der Waals surface area contributed by atoms with Gasteiger partial charge in [-0.2, -0.15) is 0 Å². The van der Waals surface area contributed by atoms with Gasteiger partial charge in [0.05, 0.1) is 12.1 Å². The van der Waals surface area contributed by atoms with Gasteiger partial charge in [0.1, 0.15) is 0 Å². The van der Waals surface area contributed by atoms with Crippen molar-refractivity contribution < 1.29 is 4.42 Å². The number of nitrogens with one attached hydrogen (secondary N) is 2. The lowest BCUT2D eigenvalue weighted by Gasteiger charge is -2.09. The van der Waals surface area contributed by atoms with Crippen LogP contribution in [0.15, 0.2) is 38.5 Å². The van der Waals surface area contributed by atoms with Crippen molar-refractivity contribution in [1.82, 2.24) is 15.2 Å². The molecule has 2 N–H and O–H groups in total. The summed E-state index contributed by atoms with van der Waals surface area (Å²) in [6.45, 7) is 6.65. The number of halogens is 1. The van der Waals surface area contributed by atoms with E-state index in [1.807, 2.05) is 32.0 Å². The number of rotatable bonds is 5. The van der Waals surface area contributed by atoms with E-state index < -0.39 is 0 Å². The number of aliphatic imine (C=N–C) groups is 1. The van der Waals surface area contributed by atoms with Crippen LogP contribution in [-0.4, -0.2) is 30.2 Å². The first kappa shape index (κ1) is 17.5. The molecule has 1 aromatic carbocycles. The Kier molecular flexibility index (Phi) is 7.27. The zero-order chi connectivity index (χ0) is 14.4. The fourth-order valence-corrected chi connectivity index (χ4v) is 2.00. The molecule has 1 heterocycles. The normalized spacial score (nSPS) is 10.0. The molecule has 0 radical (unpaired) electrons. The summed E-state index contributed by atoms with van der Waals surface area (Å²) in [5, 5.41) is 6.29. The van der Waals surface area contributed by atoms with Gasteiger partial charge in [-0.1, -0.05) is 12.1 Å². The smallest absolute Gasteiger partial charge is 0.408 e. The predicted molar refractivity (Wildman–Crippen MR) is 95.5 cm³/mol. The van der Waals surface area contributed by atoms with Crippen LogP contribution in [0.3, 0.4) is 0 Å². The lowest BCUT2D eigenvalue weighted by atomic mass is 10.3. The maximum Gasteiger partial charge on any atom is 0.420 e. The second kappa shape index (κ2) is 8.71. The molecule has 0 saturated heterocycles. The Hall–Kier alpha value is -1.51. The number of hydrogen-bond acceptors (Lipinski definition) is 3. The lowest BCUT2D eigenvalue weighted by Crippen LogP contribution is -2.37. The molecule has 2 rings (SSSR count). The largest absolute Gasteiger partial charge is 0.420 e. The van der Waals surface area contributed by atoms with E-state index in [2.05, 4.69) is 15.6 Å². The third-order valence-electron chi connectivity index (χ3n) is 2.86. The van der Waals surface area contributed by atoms with E-state index in [-0.39, 0.29) is 29.7 Å². The summed E-state index contributed by atoms with van der Waals surface area (Å²) in [7, 11) is 0. The zero-order valence-corrected chi connectivity index (χ0v) is 14.6. The Morgan fingerprint density at radius 1 is 1.24 bits per heavy atom. The van der Waals surface area contributed by atoms with Gasteiger partial charge in [-0.05, 0) is 26.0 Å². The Morgan fingerprint density at radius 3 is 2.57 bits per heavy atom. The van der Waals surface area contributed by atoms with Crippen molar-refractivity contribution >= 4 is 41.0 Å². The predicted octanol–water partition coefficient (Wildman–Crippen LogP) is 1.79. The number of fused-ring (bicyclic) bond motifs is 1. The third kappa shape index (κ3) is 4.48. The minimum absolute atomic E-state index is 0. The Balaban J connectivity index is 0.00000220. The first-order valence-electron chi connectivity index (χ1n) is 6.86. The Bertz CT molecular complexity index is 640. The van der Waals surface area contributed by atoms with Crippen LogP contribution < -0.4 is 16.4 Å². The van der Waals surface area contributed by atoms with Crippen LogP contribution in [0.25, 0.3) is 11.1 Å². The van der Waals surface area contributed by atoms with Crippen LogP contribution in [0.5, 0.6) is 0 Å². The van der Waals surface area contributed by atoms with E-state index in [9.17, 15) is 4.79 Å². The van der Waals surface area contributed by atoms with Crippen LogP contribution >= 0.6 is 24.0 Å². The Morgan fingerprint density at radius 2 is 1.90 bits per heavy atom. The number of hydrogen-bond donors (Lipinski definition) is 2. The van der Waals surface area contributed by atoms with Crippen molar-refractivity contribution in [2.45, 2.75) is 20.4 Å². The highest BCUT2D eigenvalue weighted by Crippen LogP contribution is 2.11. The first-order chi connectivity index (χ1) is 9.76.